The molecule has 252 valence electrons. The number of aryl methyl sites for hydroxylation is 1. The second-order valence-corrected chi connectivity index (χ2v) is 16.3. The summed E-state index contributed by atoms with van der Waals surface area (Å²) in [7, 11) is -20.2. The summed E-state index contributed by atoms with van der Waals surface area (Å²) in [4.78, 5) is 4.46. The van der Waals surface area contributed by atoms with Crippen molar-refractivity contribution in [3.05, 3.63) is 65.3 Å². The third kappa shape index (κ3) is 9.85. The summed E-state index contributed by atoms with van der Waals surface area (Å²) < 4.78 is 134. The third-order valence-corrected chi connectivity index (χ3v) is 10.5. The number of azo groups is 1. The molecule has 4 aromatic carbocycles. The Morgan fingerprint density at radius 3 is 1.98 bits per heavy atom. The molecule has 1 heterocycles. The molecule has 2 N–H and O–H groups in total. The molecule has 0 aliphatic carbocycles. The molecule has 0 bridgehead atoms. The number of phenols is 1. The minimum atomic E-state index is -5.58. The molecule has 0 fully saturated rings. The predicted molar refractivity (Wildman–Crippen MR) is 166 cm³/mol. The zero-order chi connectivity index (χ0) is 35.6. The van der Waals surface area contributed by atoms with Crippen LogP contribution in [0, 0.1) is 6.92 Å². The van der Waals surface area contributed by atoms with Gasteiger partial charge in [-0.15, -0.1) is 10.2 Å². The third-order valence-electron chi connectivity index (χ3n) is 6.63. The monoisotopic (exact) mass is 823 g/mol. The summed E-state index contributed by atoms with van der Waals surface area (Å²) in [6, 6.07) is 10.1. The zero-order valence-corrected chi connectivity index (χ0v) is 37.0. The number of anilines is 2. The van der Waals surface area contributed by atoms with E-state index in [2.05, 4.69) is 25.5 Å². The number of nitrogens with one attached hydrogen (secondary N) is 1. The van der Waals surface area contributed by atoms with Crippen LogP contribution in [0.5, 0.6) is 5.75 Å². The van der Waals surface area contributed by atoms with Crippen molar-refractivity contribution < 1.29 is 141 Å². The maximum absolute atomic E-state index is 12.3. The number of aromatic nitrogens is 2. The second-order valence-electron chi connectivity index (χ2n) is 9.99. The smallest absolute Gasteiger partial charge is 0.744 e. The van der Waals surface area contributed by atoms with Gasteiger partial charge >= 0.3 is 88.7 Å². The van der Waals surface area contributed by atoms with Crippen LogP contribution in [0.1, 0.15) is 5.69 Å². The van der Waals surface area contributed by atoms with Gasteiger partial charge in [-0.1, -0.05) is 41.9 Å². The molecule has 0 aliphatic heterocycles. The number of sulfone groups is 1. The van der Waals surface area contributed by atoms with Gasteiger partial charge in [0.25, 0.3) is 0 Å². The number of aromatic hydroxyl groups is 1. The van der Waals surface area contributed by atoms with E-state index >= 15 is 0 Å². The molecule has 0 atom stereocenters. The number of benzene rings is 4. The van der Waals surface area contributed by atoms with E-state index in [1.165, 1.54) is 31.2 Å². The van der Waals surface area contributed by atoms with Crippen LogP contribution in [0.2, 0.25) is 5.02 Å². The van der Waals surface area contributed by atoms with Crippen LogP contribution < -0.4 is 94.0 Å². The van der Waals surface area contributed by atoms with E-state index in [0.717, 1.165) is 12.3 Å². The van der Waals surface area contributed by atoms with Crippen LogP contribution in [-0.2, 0) is 40.2 Å². The molecule has 17 nitrogen and oxygen atoms in total. The van der Waals surface area contributed by atoms with Crippen LogP contribution in [0.4, 0.5) is 22.9 Å². The number of halogens is 1. The molecular weight excluding hydrogens is 807 g/mol. The average Bonchev–Trinajstić information content (AvgIpc) is 2.96. The first-order valence-corrected chi connectivity index (χ1v) is 19.2. The van der Waals surface area contributed by atoms with Gasteiger partial charge in [-0.05, 0) is 42.0 Å². The molecule has 5 aromatic rings. The topological polar surface area (TPSA) is 288 Å². The van der Waals surface area contributed by atoms with E-state index in [0.29, 0.717) is 23.6 Å². The molecule has 51 heavy (non-hydrogen) atoms. The van der Waals surface area contributed by atoms with Gasteiger partial charge in [0.1, 0.15) is 46.8 Å². The average molecular weight is 824 g/mol. The van der Waals surface area contributed by atoms with Crippen molar-refractivity contribution in [1.29, 1.82) is 0 Å². The Bertz CT molecular complexity index is 2700. The first-order chi connectivity index (χ1) is 22.1. The Morgan fingerprint density at radius 1 is 0.784 bits per heavy atom. The van der Waals surface area contributed by atoms with Gasteiger partial charge in [-0.25, -0.2) is 38.7 Å². The minimum Gasteiger partial charge on any atom is -0.744 e. The fraction of sp³-hybridized carbons (Fsp3) is 0.0769. The van der Waals surface area contributed by atoms with Crippen molar-refractivity contribution >= 4 is 96.2 Å². The Balaban J connectivity index is 0.00000300. The molecule has 0 radical (unpaired) electrons. The number of phenolic OH excluding ortho intramolecular Hbond substituents is 1. The summed E-state index contributed by atoms with van der Waals surface area (Å²) in [5.41, 5.74) is -2.27. The van der Waals surface area contributed by atoms with E-state index in [4.69, 9.17) is 11.6 Å². The summed E-state index contributed by atoms with van der Waals surface area (Å²) in [5, 5.41) is 19.4. The van der Waals surface area contributed by atoms with Gasteiger partial charge in [0, 0.05) is 17.0 Å². The Kier molecular flexibility index (Phi) is 14.9. The Morgan fingerprint density at radius 2 is 1.41 bits per heavy atom. The van der Waals surface area contributed by atoms with Crippen molar-refractivity contribution in [2.24, 2.45) is 10.2 Å². The number of hydrogen-bond acceptors (Lipinski definition) is 17. The van der Waals surface area contributed by atoms with Gasteiger partial charge in [-0.3, -0.25) is 0 Å². The number of rotatable bonds is 8. The molecule has 0 amide bonds. The maximum atomic E-state index is 12.3. The molecule has 1 aromatic heterocycles. The van der Waals surface area contributed by atoms with Gasteiger partial charge < -0.3 is 24.1 Å². The van der Waals surface area contributed by atoms with Gasteiger partial charge in [0.15, 0.2) is 11.6 Å². The van der Waals surface area contributed by atoms with Gasteiger partial charge in [0.05, 0.1) is 26.1 Å². The molecule has 0 unspecified atom stereocenters. The molecule has 5 rings (SSSR count). The van der Waals surface area contributed by atoms with E-state index < -0.39 is 99.4 Å². The fourth-order valence-electron chi connectivity index (χ4n) is 4.58. The summed E-state index contributed by atoms with van der Waals surface area (Å²) in [6.45, 7) is 1.31. The van der Waals surface area contributed by atoms with E-state index in [1.54, 1.807) is 6.07 Å². The van der Waals surface area contributed by atoms with Crippen LogP contribution in [0.25, 0.3) is 21.5 Å². The second kappa shape index (κ2) is 16.6. The maximum Gasteiger partial charge on any atom is 1.00 e. The van der Waals surface area contributed by atoms with Crippen molar-refractivity contribution in [1.82, 2.24) is 9.97 Å². The predicted octanol–water partition coefficient (Wildman–Crippen LogP) is -5.26. The Hall–Kier alpha value is -1.35. The summed E-state index contributed by atoms with van der Waals surface area (Å²) in [5.74, 6) is -1.63. The Labute approximate surface area is 362 Å². The van der Waals surface area contributed by atoms with E-state index in [1.807, 2.05) is 0 Å². The van der Waals surface area contributed by atoms with Crippen molar-refractivity contribution in [2.75, 3.05) is 11.6 Å². The first kappa shape index (κ1) is 45.8. The molecule has 0 aliphatic rings. The van der Waals surface area contributed by atoms with E-state index in [9.17, 15) is 52.4 Å². The number of hydrogen-bond donors (Lipinski definition) is 2. The van der Waals surface area contributed by atoms with Crippen LogP contribution in [-0.4, -0.2) is 68.7 Å². The standard InChI is InChI=1S/C26H20ClN5O12S4.3Na/c1-12-21(27)25(30-26(28-12)45(2,34)35)29-18-11-15(46(36,37)38)9-14-10-19(47(39,40)41)22(23(33)20(14)18)32-31-17-8-7-13-5-3-4-6-16(13)24(17)48(42,43)44;;;/h3-11,33H,1-2H3,(H,28,29,30)(H,36,37,38)(H,39,40,41)(H,42,43,44);;;/q;3*+1/p-3. The molecule has 0 saturated heterocycles. The van der Waals surface area contributed by atoms with Crippen LogP contribution in [0.15, 0.2) is 84.7 Å². The van der Waals surface area contributed by atoms with Crippen LogP contribution >= 0.6 is 11.6 Å². The number of nitrogens with zero attached hydrogens (tertiary/aromatic N) is 4. The summed E-state index contributed by atoms with van der Waals surface area (Å²) in [6.07, 6.45) is 0.784. The van der Waals surface area contributed by atoms with Gasteiger partial charge in [0.2, 0.25) is 15.0 Å². The molecule has 25 heteroatoms. The van der Waals surface area contributed by atoms with Crippen molar-refractivity contribution in [2.45, 2.75) is 26.8 Å². The van der Waals surface area contributed by atoms with Crippen molar-refractivity contribution in [3.8, 4) is 5.75 Å². The summed E-state index contributed by atoms with van der Waals surface area (Å²) >= 11 is 6.26. The van der Waals surface area contributed by atoms with Gasteiger partial charge in [-0.2, -0.15) is 4.98 Å². The molecule has 0 spiro atoms. The minimum absolute atomic E-state index is 0. The largest absolute Gasteiger partial charge is 1.00 e. The molecular formula is C26H17ClN5Na3O12S4. The zero-order valence-electron chi connectivity index (χ0n) is 26.9. The fourth-order valence-corrected chi connectivity index (χ4v) is 7.27. The first-order valence-electron chi connectivity index (χ1n) is 12.7. The quantitative estimate of drug-likeness (QED) is 0.0640. The van der Waals surface area contributed by atoms with E-state index in [-0.39, 0.29) is 105 Å². The normalized spacial score (nSPS) is 12.3. The number of fused-ring (bicyclic) bond motifs is 2. The van der Waals surface area contributed by atoms with Crippen molar-refractivity contribution in [3.63, 3.8) is 0 Å². The SMILES string of the molecule is Cc1nc(S(C)(=O)=O)nc(Nc2cc(S(=O)(=O)[O-])cc3cc(S(=O)(=O)[O-])c(N=Nc4ccc5ccccc5c4S(=O)(=O)[O-])c(O)c23)c1Cl.[Na+].[Na+].[Na+]. The molecule has 0 saturated carbocycles. The van der Waals surface area contributed by atoms with Crippen LogP contribution in [0.3, 0.4) is 0 Å².